The molecule has 0 saturated heterocycles. The second-order valence-corrected chi connectivity index (χ2v) is 6.70. The van der Waals surface area contributed by atoms with Crippen molar-refractivity contribution in [3.63, 3.8) is 0 Å². The standard InChI is InChI=1S/C18H26BrN/c1-3-20-13-17(16-7-5-4-6-8-16)11-15-10-9-14(2)18(19)12-15/h9-12,16,20H,3-8,13H2,1-2H3/b17-11-. The minimum Gasteiger partial charge on any atom is -0.313 e. The van der Waals surface area contributed by atoms with Gasteiger partial charge >= 0.3 is 0 Å². The molecule has 1 aliphatic rings. The predicted molar refractivity (Wildman–Crippen MR) is 92.0 cm³/mol. The minimum atomic E-state index is 0.780. The Hall–Kier alpha value is -0.600. The van der Waals surface area contributed by atoms with Gasteiger partial charge in [0.25, 0.3) is 0 Å². The van der Waals surface area contributed by atoms with Crippen LogP contribution in [0.25, 0.3) is 6.08 Å². The van der Waals surface area contributed by atoms with Crippen LogP contribution < -0.4 is 5.32 Å². The van der Waals surface area contributed by atoms with Gasteiger partial charge in [-0.05, 0) is 49.4 Å². The molecule has 2 heteroatoms. The van der Waals surface area contributed by atoms with Crippen LogP contribution in [0.1, 0.15) is 50.2 Å². The first-order valence-electron chi connectivity index (χ1n) is 7.88. The molecule has 0 unspecified atom stereocenters. The highest BCUT2D eigenvalue weighted by molar-refractivity contribution is 9.10. The maximum Gasteiger partial charge on any atom is 0.0210 e. The topological polar surface area (TPSA) is 12.0 Å². The van der Waals surface area contributed by atoms with Crippen LogP contribution in [0.3, 0.4) is 0 Å². The third-order valence-corrected chi connectivity index (χ3v) is 5.11. The number of likely N-dealkylation sites (N-methyl/N-ethyl adjacent to an activating group) is 1. The quantitative estimate of drug-likeness (QED) is 0.766. The highest BCUT2D eigenvalue weighted by atomic mass is 79.9. The first-order chi connectivity index (χ1) is 9.70. The van der Waals surface area contributed by atoms with Crippen molar-refractivity contribution in [1.29, 1.82) is 0 Å². The smallest absolute Gasteiger partial charge is 0.0210 e. The molecule has 0 bridgehead atoms. The Balaban J connectivity index is 2.19. The number of rotatable bonds is 5. The Morgan fingerprint density at radius 2 is 2.05 bits per heavy atom. The molecule has 1 fully saturated rings. The maximum atomic E-state index is 3.64. The van der Waals surface area contributed by atoms with Crippen molar-refractivity contribution in [2.75, 3.05) is 13.1 Å². The van der Waals surface area contributed by atoms with Crippen molar-refractivity contribution in [1.82, 2.24) is 5.32 Å². The van der Waals surface area contributed by atoms with Gasteiger partial charge in [-0.2, -0.15) is 0 Å². The summed E-state index contributed by atoms with van der Waals surface area (Å²) in [6.45, 7) is 6.40. The third kappa shape index (κ3) is 4.46. The largest absolute Gasteiger partial charge is 0.313 e. The van der Waals surface area contributed by atoms with Gasteiger partial charge in [0.15, 0.2) is 0 Å². The molecule has 1 nitrogen and oxygen atoms in total. The molecule has 20 heavy (non-hydrogen) atoms. The van der Waals surface area contributed by atoms with Gasteiger partial charge in [0, 0.05) is 11.0 Å². The van der Waals surface area contributed by atoms with Gasteiger partial charge in [-0.1, -0.05) is 65.9 Å². The maximum absolute atomic E-state index is 3.64. The van der Waals surface area contributed by atoms with Crippen LogP contribution in [0.2, 0.25) is 0 Å². The van der Waals surface area contributed by atoms with Gasteiger partial charge < -0.3 is 5.32 Å². The fourth-order valence-corrected chi connectivity index (χ4v) is 3.37. The molecule has 110 valence electrons. The summed E-state index contributed by atoms with van der Waals surface area (Å²) < 4.78 is 1.21. The molecular weight excluding hydrogens is 310 g/mol. The van der Waals surface area contributed by atoms with Crippen LogP contribution in [0.15, 0.2) is 28.2 Å². The Morgan fingerprint density at radius 3 is 2.70 bits per heavy atom. The Bertz CT molecular complexity index is 458. The molecule has 1 saturated carbocycles. The molecule has 1 aromatic rings. The van der Waals surface area contributed by atoms with Crippen molar-refractivity contribution in [2.45, 2.75) is 46.0 Å². The number of hydrogen-bond acceptors (Lipinski definition) is 1. The number of benzene rings is 1. The summed E-state index contributed by atoms with van der Waals surface area (Å²) in [5, 5.41) is 3.51. The molecular formula is C18H26BrN. The zero-order chi connectivity index (χ0) is 14.4. The van der Waals surface area contributed by atoms with Crippen molar-refractivity contribution in [3.05, 3.63) is 39.4 Å². The molecule has 0 amide bonds. The van der Waals surface area contributed by atoms with E-state index in [-0.39, 0.29) is 0 Å². The summed E-state index contributed by atoms with van der Waals surface area (Å²) in [6, 6.07) is 6.67. The van der Waals surface area contributed by atoms with Crippen LogP contribution in [-0.4, -0.2) is 13.1 Å². The van der Waals surface area contributed by atoms with E-state index in [1.54, 1.807) is 5.57 Å². The van der Waals surface area contributed by atoms with E-state index in [2.05, 4.69) is 59.4 Å². The lowest BCUT2D eigenvalue weighted by molar-refractivity contribution is 0.397. The number of hydrogen-bond donors (Lipinski definition) is 1. The molecule has 1 N–H and O–H groups in total. The van der Waals surface area contributed by atoms with Crippen LogP contribution in [0.4, 0.5) is 0 Å². The monoisotopic (exact) mass is 335 g/mol. The van der Waals surface area contributed by atoms with Crippen LogP contribution in [0, 0.1) is 12.8 Å². The first kappa shape index (κ1) is 15.8. The molecule has 1 aromatic carbocycles. The van der Waals surface area contributed by atoms with Gasteiger partial charge in [0.2, 0.25) is 0 Å². The zero-order valence-corrected chi connectivity index (χ0v) is 14.3. The lowest BCUT2D eigenvalue weighted by Gasteiger charge is -2.25. The van der Waals surface area contributed by atoms with Crippen LogP contribution >= 0.6 is 15.9 Å². The molecule has 0 heterocycles. The van der Waals surface area contributed by atoms with E-state index < -0.39 is 0 Å². The SMILES string of the molecule is CCNC/C(=C/c1ccc(C)c(Br)c1)C1CCCCC1. The van der Waals surface area contributed by atoms with Crippen molar-refractivity contribution >= 4 is 22.0 Å². The Kier molecular flexibility index (Phi) is 6.31. The normalized spacial score (nSPS) is 17.4. The van der Waals surface area contributed by atoms with E-state index in [9.17, 15) is 0 Å². The number of halogens is 1. The molecule has 0 atom stereocenters. The lowest BCUT2D eigenvalue weighted by atomic mass is 9.83. The molecule has 0 aromatic heterocycles. The van der Waals surface area contributed by atoms with Gasteiger partial charge in [-0.15, -0.1) is 0 Å². The third-order valence-electron chi connectivity index (χ3n) is 4.26. The fourth-order valence-electron chi connectivity index (χ4n) is 2.97. The van der Waals surface area contributed by atoms with Crippen molar-refractivity contribution in [2.24, 2.45) is 5.92 Å². The second kappa shape index (κ2) is 7.99. The zero-order valence-electron chi connectivity index (χ0n) is 12.7. The van der Waals surface area contributed by atoms with Crippen molar-refractivity contribution in [3.8, 4) is 0 Å². The average Bonchev–Trinajstić information content (AvgIpc) is 2.48. The molecule has 0 spiro atoms. The number of nitrogens with one attached hydrogen (secondary N) is 1. The van der Waals surface area contributed by atoms with Gasteiger partial charge in [-0.3, -0.25) is 0 Å². The van der Waals surface area contributed by atoms with E-state index in [4.69, 9.17) is 0 Å². The summed E-state index contributed by atoms with van der Waals surface area (Å²) in [5.74, 6) is 0.780. The van der Waals surface area contributed by atoms with Crippen LogP contribution in [0.5, 0.6) is 0 Å². The van der Waals surface area contributed by atoms with Crippen molar-refractivity contribution < 1.29 is 0 Å². The van der Waals surface area contributed by atoms with E-state index in [1.807, 2.05) is 0 Å². The van der Waals surface area contributed by atoms with E-state index in [0.29, 0.717) is 0 Å². The second-order valence-electron chi connectivity index (χ2n) is 5.84. The van der Waals surface area contributed by atoms with Crippen LogP contribution in [-0.2, 0) is 0 Å². The molecule has 1 aliphatic carbocycles. The average molecular weight is 336 g/mol. The number of aryl methyl sites for hydroxylation is 1. The molecule has 2 rings (SSSR count). The summed E-state index contributed by atoms with van der Waals surface area (Å²) in [4.78, 5) is 0. The van der Waals surface area contributed by atoms with E-state index in [0.717, 1.165) is 19.0 Å². The van der Waals surface area contributed by atoms with Gasteiger partial charge in [-0.25, -0.2) is 0 Å². The van der Waals surface area contributed by atoms with Gasteiger partial charge in [0.05, 0.1) is 0 Å². The summed E-state index contributed by atoms with van der Waals surface area (Å²) in [6.07, 6.45) is 9.34. The van der Waals surface area contributed by atoms with Gasteiger partial charge in [0.1, 0.15) is 0 Å². The minimum absolute atomic E-state index is 0.780. The first-order valence-corrected chi connectivity index (χ1v) is 8.67. The lowest BCUT2D eigenvalue weighted by Crippen LogP contribution is -2.22. The summed E-state index contributed by atoms with van der Waals surface area (Å²) in [5.41, 5.74) is 4.20. The molecule has 0 radical (unpaired) electrons. The highest BCUT2D eigenvalue weighted by Gasteiger charge is 2.17. The Labute approximate surface area is 132 Å². The van der Waals surface area contributed by atoms with E-state index in [1.165, 1.54) is 47.7 Å². The Morgan fingerprint density at radius 1 is 1.30 bits per heavy atom. The highest BCUT2D eigenvalue weighted by Crippen LogP contribution is 2.31. The molecule has 0 aliphatic heterocycles. The summed E-state index contributed by atoms with van der Waals surface area (Å²) in [7, 11) is 0. The van der Waals surface area contributed by atoms with E-state index >= 15 is 0 Å². The fraction of sp³-hybridized carbons (Fsp3) is 0.556. The predicted octanol–water partition coefficient (Wildman–Crippen LogP) is 5.33. The summed E-state index contributed by atoms with van der Waals surface area (Å²) >= 11 is 3.64.